The van der Waals surface area contributed by atoms with Gasteiger partial charge in [0, 0.05) is 18.7 Å². The van der Waals surface area contributed by atoms with E-state index >= 15 is 0 Å². The first kappa shape index (κ1) is 26.1. The predicted molar refractivity (Wildman–Crippen MR) is 133 cm³/mol. The first-order chi connectivity index (χ1) is 15.5. The zero-order valence-electron chi connectivity index (χ0n) is 20.1. The first-order valence-electron chi connectivity index (χ1n) is 11.3. The van der Waals surface area contributed by atoms with Gasteiger partial charge in [-0.15, -0.1) is 0 Å². The summed E-state index contributed by atoms with van der Waals surface area (Å²) in [5.41, 5.74) is 8.20. The summed E-state index contributed by atoms with van der Waals surface area (Å²) >= 11 is 0. The lowest BCUT2D eigenvalue weighted by Gasteiger charge is -2.25. The second-order valence-corrected chi connectivity index (χ2v) is 9.58. The first-order valence-corrected chi connectivity index (χ1v) is 11.3. The zero-order chi connectivity index (χ0) is 24.4. The summed E-state index contributed by atoms with van der Waals surface area (Å²) in [5.74, 6) is -0.427. The van der Waals surface area contributed by atoms with Gasteiger partial charge in [-0.25, -0.2) is 0 Å². The van der Waals surface area contributed by atoms with E-state index in [0.717, 1.165) is 12.0 Å². The van der Waals surface area contributed by atoms with Crippen LogP contribution in [0.1, 0.15) is 50.8 Å². The van der Waals surface area contributed by atoms with Crippen LogP contribution < -0.4 is 21.7 Å². The van der Waals surface area contributed by atoms with Crippen LogP contribution in [0.3, 0.4) is 0 Å². The molecule has 7 heteroatoms. The number of carbonyl (C=O) groups excluding carboxylic acids is 2. The predicted octanol–water partition coefficient (Wildman–Crippen LogP) is 2.73. The Morgan fingerprint density at radius 2 is 1.61 bits per heavy atom. The lowest BCUT2D eigenvalue weighted by molar-refractivity contribution is -0.129. The van der Waals surface area contributed by atoms with Gasteiger partial charge in [0.1, 0.15) is 11.9 Å². The Morgan fingerprint density at radius 1 is 0.970 bits per heavy atom. The fourth-order valence-corrected chi connectivity index (χ4v) is 3.23. The molecular weight excluding hydrogens is 414 g/mol. The number of carbonyl (C=O) groups is 2. The molecule has 0 saturated carbocycles. The van der Waals surface area contributed by atoms with Crippen LogP contribution >= 0.6 is 0 Å². The number of nitrogens with two attached hydrogens (primary N) is 1. The van der Waals surface area contributed by atoms with E-state index in [1.54, 1.807) is 19.1 Å². The number of benzene rings is 2. The molecule has 2 amide bonds. The maximum absolute atomic E-state index is 13.0. The molecule has 2 aromatic rings. The third-order valence-electron chi connectivity index (χ3n) is 5.24. The molecule has 33 heavy (non-hydrogen) atoms. The molecule has 0 aliphatic rings. The van der Waals surface area contributed by atoms with Crippen molar-refractivity contribution in [3.8, 4) is 0 Å². The van der Waals surface area contributed by atoms with E-state index < -0.39 is 6.04 Å². The van der Waals surface area contributed by atoms with E-state index in [-0.39, 0.29) is 29.1 Å². The Kier molecular flexibility index (Phi) is 9.60. The molecule has 7 nitrogen and oxygen atoms in total. The van der Waals surface area contributed by atoms with Gasteiger partial charge < -0.3 is 21.7 Å². The molecule has 0 aliphatic heterocycles. The Labute approximate surface area is 197 Å². The number of nitrogens with one attached hydrogen (secondary N) is 4. The minimum absolute atomic E-state index is 0.00353. The quantitative estimate of drug-likeness (QED) is 0.266. The van der Waals surface area contributed by atoms with Crippen LogP contribution in [0.2, 0.25) is 0 Å². The highest BCUT2D eigenvalue weighted by Gasteiger charge is 2.24. The molecule has 0 unspecified atom stereocenters. The highest BCUT2D eigenvalue weighted by Crippen LogP contribution is 2.13. The number of hydrogen-bond donors (Lipinski definition) is 5. The van der Waals surface area contributed by atoms with E-state index in [2.05, 4.69) is 48.9 Å². The summed E-state index contributed by atoms with van der Waals surface area (Å²) in [6.07, 6.45) is 1.41. The zero-order valence-corrected chi connectivity index (χ0v) is 20.1. The van der Waals surface area contributed by atoms with Crippen molar-refractivity contribution in [1.82, 2.24) is 16.0 Å². The largest absolute Gasteiger partial charge is 0.384 e. The Hall–Kier alpha value is -3.19. The van der Waals surface area contributed by atoms with Crippen molar-refractivity contribution in [3.63, 3.8) is 0 Å². The summed E-state index contributed by atoms with van der Waals surface area (Å²) in [4.78, 5) is 25.5. The second kappa shape index (κ2) is 12.2. The molecule has 6 N–H and O–H groups in total. The van der Waals surface area contributed by atoms with E-state index in [4.69, 9.17) is 11.1 Å². The number of rotatable bonds is 11. The van der Waals surface area contributed by atoms with Gasteiger partial charge in [0.2, 0.25) is 11.8 Å². The summed E-state index contributed by atoms with van der Waals surface area (Å²) in [7, 11) is 0. The molecule has 0 heterocycles. The van der Waals surface area contributed by atoms with Crippen molar-refractivity contribution in [3.05, 3.63) is 71.3 Å². The summed E-state index contributed by atoms with van der Waals surface area (Å²) in [5, 5.41) is 16.5. The van der Waals surface area contributed by atoms with Gasteiger partial charge in [0.15, 0.2) is 0 Å². The third-order valence-corrected chi connectivity index (χ3v) is 5.24. The smallest absolute Gasteiger partial charge is 0.242 e. The van der Waals surface area contributed by atoms with Crippen molar-refractivity contribution in [1.29, 1.82) is 5.41 Å². The van der Waals surface area contributed by atoms with E-state index in [9.17, 15) is 9.59 Å². The monoisotopic (exact) mass is 451 g/mol. The fraction of sp³-hybridized carbons (Fsp3) is 0.423. The van der Waals surface area contributed by atoms with Crippen LogP contribution in [0.25, 0.3) is 0 Å². The third kappa shape index (κ3) is 9.45. The van der Waals surface area contributed by atoms with Crippen molar-refractivity contribution in [2.75, 3.05) is 6.54 Å². The average Bonchev–Trinajstić information content (AvgIpc) is 2.77. The molecule has 0 spiro atoms. The molecule has 178 valence electrons. The SMILES string of the molecule is C[C@H](NC(=O)[C@@H](CCc1ccccc1)NCC(C)(C)C)C(=O)NCc1ccc(C(=N)N)cc1. The highest BCUT2D eigenvalue weighted by atomic mass is 16.2. The van der Waals surface area contributed by atoms with E-state index in [1.165, 1.54) is 5.56 Å². The maximum Gasteiger partial charge on any atom is 0.242 e. The number of nitrogen functional groups attached to an aromatic ring is 1. The van der Waals surface area contributed by atoms with Gasteiger partial charge in [-0.2, -0.15) is 0 Å². The lowest BCUT2D eigenvalue weighted by Crippen LogP contribution is -2.52. The summed E-state index contributed by atoms with van der Waals surface area (Å²) in [6, 6.07) is 16.1. The Morgan fingerprint density at radius 3 is 2.18 bits per heavy atom. The van der Waals surface area contributed by atoms with Crippen molar-refractivity contribution >= 4 is 17.6 Å². The van der Waals surface area contributed by atoms with Crippen LogP contribution in [0.15, 0.2) is 54.6 Å². The van der Waals surface area contributed by atoms with Gasteiger partial charge in [-0.05, 0) is 36.3 Å². The molecule has 0 fully saturated rings. The molecule has 0 aliphatic carbocycles. The van der Waals surface area contributed by atoms with Crippen LogP contribution in [-0.4, -0.2) is 36.3 Å². The second-order valence-electron chi connectivity index (χ2n) is 9.58. The molecule has 0 bridgehead atoms. The number of hydrogen-bond acceptors (Lipinski definition) is 4. The number of amides is 2. The fourth-order valence-electron chi connectivity index (χ4n) is 3.23. The van der Waals surface area contributed by atoms with Crippen LogP contribution in [0.5, 0.6) is 0 Å². The maximum atomic E-state index is 13.0. The number of amidine groups is 1. The molecule has 0 radical (unpaired) electrons. The Balaban J connectivity index is 1.91. The van der Waals surface area contributed by atoms with Crippen molar-refractivity contribution in [2.24, 2.45) is 11.1 Å². The molecule has 0 aromatic heterocycles. The minimum atomic E-state index is -0.662. The van der Waals surface area contributed by atoms with Crippen molar-refractivity contribution < 1.29 is 9.59 Å². The molecule has 2 atom stereocenters. The van der Waals surface area contributed by atoms with E-state index in [1.807, 2.05) is 30.3 Å². The molecular formula is C26H37N5O2. The highest BCUT2D eigenvalue weighted by molar-refractivity contribution is 5.95. The van der Waals surface area contributed by atoms with E-state index in [0.29, 0.717) is 25.1 Å². The number of aryl methyl sites for hydroxylation is 1. The van der Waals surface area contributed by atoms with Crippen LogP contribution in [0, 0.1) is 10.8 Å². The van der Waals surface area contributed by atoms with Gasteiger partial charge in [-0.1, -0.05) is 75.4 Å². The molecule has 0 saturated heterocycles. The average molecular weight is 452 g/mol. The standard InChI is InChI=1S/C26H37N5O2/c1-18(24(32)29-16-20-10-13-21(14-11-20)23(27)28)31-25(33)22(30-17-26(2,3)4)15-12-19-8-6-5-7-9-19/h5-11,13-14,18,22,30H,12,15-17H2,1-4H3,(H3,27,28)(H,29,32)(H,31,33)/t18-,22+/m0/s1. The van der Waals surface area contributed by atoms with Crippen molar-refractivity contribution in [2.45, 2.75) is 59.2 Å². The topological polar surface area (TPSA) is 120 Å². The summed E-state index contributed by atoms with van der Waals surface area (Å²) in [6.45, 7) is 9.05. The normalized spacial score (nSPS) is 13.1. The van der Waals surface area contributed by atoms with Gasteiger partial charge in [0.05, 0.1) is 6.04 Å². The van der Waals surface area contributed by atoms with Gasteiger partial charge >= 0.3 is 0 Å². The molecule has 2 rings (SSSR count). The Bertz CT molecular complexity index is 920. The van der Waals surface area contributed by atoms with Gasteiger partial charge in [0.25, 0.3) is 0 Å². The molecule has 2 aromatic carbocycles. The van der Waals surface area contributed by atoms with Gasteiger partial charge in [-0.3, -0.25) is 15.0 Å². The van der Waals surface area contributed by atoms with Crippen LogP contribution in [-0.2, 0) is 22.6 Å². The van der Waals surface area contributed by atoms with Crippen LogP contribution in [0.4, 0.5) is 0 Å². The summed E-state index contributed by atoms with van der Waals surface area (Å²) < 4.78 is 0. The minimum Gasteiger partial charge on any atom is -0.384 e. The lowest BCUT2D eigenvalue weighted by atomic mass is 9.95.